The van der Waals surface area contributed by atoms with Crippen LogP contribution in [0.1, 0.15) is 17.7 Å². The van der Waals surface area contributed by atoms with Crippen molar-refractivity contribution in [2.24, 2.45) is 0 Å². The molecular formula is C13H11N. The van der Waals surface area contributed by atoms with Crippen LogP contribution >= 0.6 is 0 Å². The second-order valence-electron chi connectivity index (χ2n) is 3.68. The number of pyridine rings is 1. The summed E-state index contributed by atoms with van der Waals surface area (Å²) in [6.45, 7) is 0. The van der Waals surface area contributed by atoms with E-state index < -0.39 is 0 Å². The molecule has 0 spiro atoms. The van der Waals surface area contributed by atoms with Gasteiger partial charge in [0.15, 0.2) is 0 Å². The summed E-state index contributed by atoms with van der Waals surface area (Å²) in [6.07, 6.45) is 12.6. The molecule has 0 amide bonds. The van der Waals surface area contributed by atoms with Crippen LogP contribution in [0.25, 0.3) is 5.57 Å². The number of hydrogen-bond donors (Lipinski definition) is 0. The molecule has 1 heteroatoms. The lowest BCUT2D eigenvalue weighted by Gasteiger charge is -2.00. The van der Waals surface area contributed by atoms with Crippen molar-refractivity contribution >= 4 is 5.57 Å². The molecule has 0 aliphatic heterocycles. The summed E-state index contributed by atoms with van der Waals surface area (Å²) in [5.74, 6) is 0. The van der Waals surface area contributed by atoms with E-state index in [-0.39, 0.29) is 0 Å². The summed E-state index contributed by atoms with van der Waals surface area (Å²) < 4.78 is 0. The highest BCUT2D eigenvalue weighted by atomic mass is 14.7. The summed E-state index contributed by atoms with van der Waals surface area (Å²) in [4.78, 5) is 4.46. The molecule has 2 aliphatic rings. The lowest BCUT2D eigenvalue weighted by molar-refractivity contribution is 1.18. The van der Waals surface area contributed by atoms with Crippen molar-refractivity contribution < 1.29 is 0 Å². The molecule has 1 aromatic heterocycles. The third kappa shape index (κ3) is 1.06. The van der Waals surface area contributed by atoms with Gasteiger partial charge in [0.2, 0.25) is 0 Å². The number of hydrogen-bond acceptors (Lipinski definition) is 1. The van der Waals surface area contributed by atoms with Crippen molar-refractivity contribution in [2.45, 2.75) is 12.8 Å². The first-order chi connectivity index (χ1) is 6.95. The van der Waals surface area contributed by atoms with Gasteiger partial charge in [-0.15, -0.1) is 0 Å². The SMILES string of the molecule is C1=CCC2=C(C=C1)Cc1cccnc12. The van der Waals surface area contributed by atoms with E-state index >= 15 is 0 Å². The first-order valence-electron chi connectivity index (χ1n) is 4.94. The molecule has 0 aromatic carbocycles. The van der Waals surface area contributed by atoms with Crippen LogP contribution in [-0.2, 0) is 6.42 Å². The maximum Gasteiger partial charge on any atom is 0.0702 e. The zero-order chi connectivity index (χ0) is 9.38. The molecule has 0 saturated carbocycles. The van der Waals surface area contributed by atoms with Crippen LogP contribution in [-0.4, -0.2) is 4.98 Å². The molecule has 3 rings (SSSR count). The first kappa shape index (κ1) is 7.74. The second-order valence-corrected chi connectivity index (χ2v) is 3.68. The largest absolute Gasteiger partial charge is 0.256 e. The van der Waals surface area contributed by atoms with Crippen molar-refractivity contribution in [1.29, 1.82) is 0 Å². The van der Waals surface area contributed by atoms with Gasteiger partial charge < -0.3 is 0 Å². The van der Waals surface area contributed by atoms with Crippen LogP contribution < -0.4 is 0 Å². The fourth-order valence-corrected chi connectivity index (χ4v) is 2.14. The fourth-order valence-electron chi connectivity index (χ4n) is 2.14. The topological polar surface area (TPSA) is 12.9 Å². The van der Waals surface area contributed by atoms with Crippen molar-refractivity contribution in [3.8, 4) is 0 Å². The number of fused-ring (bicyclic) bond motifs is 2. The van der Waals surface area contributed by atoms with Crippen molar-refractivity contribution in [3.63, 3.8) is 0 Å². The lowest BCUT2D eigenvalue weighted by atomic mass is 10.1. The Kier molecular flexibility index (Phi) is 1.63. The Bertz CT molecular complexity index is 464. The van der Waals surface area contributed by atoms with Crippen molar-refractivity contribution in [2.75, 3.05) is 0 Å². The van der Waals surface area contributed by atoms with Crippen molar-refractivity contribution in [3.05, 3.63) is 59.5 Å². The van der Waals surface area contributed by atoms with Gasteiger partial charge in [-0.3, -0.25) is 4.98 Å². The Morgan fingerprint density at radius 2 is 2.21 bits per heavy atom. The van der Waals surface area contributed by atoms with E-state index in [2.05, 4.69) is 35.4 Å². The molecule has 14 heavy (non-hydrogen) atoms. The van der Waals surface area contributed by atoms with Gasteiger partial charge in [-0.05, 0) is 35.6 Å². The van der Waals surface area contributed by atoms with E-state index in [4.69, 9.17) is 0 Å². The van der Waals surface area contributed by atoms with Crippen LogP contribution in [0, 0.1) is 0 Å². The Labute approximate surface area is 83.5 Å². The van der Waals surface area contributed by atoms with E-state index in [1.54, 1.807) is 0 Å². The molecule has 2 aliphatic carbocycles. The zero-order valence-electron chi connectivity index (χ0n) is 7.90. The highest BCUT2D eigenvalue weighted by Gasteiger charge is 2.20. The summed E-state index contributed by atoms with van der Waals surface area (Å²) >= 11 is 0. The molecule has 0 bridgehead atoms. The zero-order valence-corrected chi connectivity index (χ0v) is 7.90. The summed E-state index contributed by atoms with van der Waals surface area (Å²) in [6, 6.07) is 4.19. The minimum absolute atomic E-state index is 1.02. The van der Waals surface area contributed by atoms with E-state index in [1.807, 2.05) is 12.3 Å². The minimum atomic E-state index is 1.02. The van der Waals surface area contributed by atoms with Gasteiger partial charge >= 0.3 is 0 Å². The summed E-state index contributed by atoms with van der Waals surface area (Å²) in [5.41, 5.74) is 5.42. The average molecular weight is 181 g/mol. The molecule has 0 atom stereocenters. The maximum atomic E-state index is 4.46. The van der Waals surface area contributed by atoms with E-state index in [0.29, 0.717) is 0 Å². The van der Waals surface area contributed by atoms with Crippen LogP contribution in [0.5, 0.6) is 0 Å². The molecule has 68 valence electrons. The molecular weight excluding hydrogens is 170 g/mol. The highest BCUT2D eigenvalue weighted by molar-refractivity contribution is 5.77. The Balaban J connectivity index is 2.16. The number of aromatic nitrogens is 1. The van der Waals surface area contributed by atoms with Gasteiger partial charge in [0.1, 0.15) is 0 Å². The van der Waals surface area contributed by atoms with Gasteiger partial charge in [0.25, 0.3) is 0 Å². The lowest BCUT2D eigenvalue weighted by Crippen LogP contribution is -1.87. The minimum Gasteiger partial charge on any atom is -0.256 e. The quantitative estimate of drug-likeness (QED) is 0.599. The third-order valence-electron chi connectivity index (χ3n) is 2.81. The summed E-state index contributed by atoms with van der Waals surface area (Å²) in [5, 5.41) is 0. The number of allylic oxidation sites excluding steroid dienone is 6. The van der Waals surface area contributed by atoms with Gasteiger partial charge in [-0.25, -0.2) is 0 Å². The Morgan fingerprint density at radius 1 is 1.21 bits per heavy atom. The van der Waals surface area contributed by atoms with Crippen LogP contribution in [0.15, 0.2) is 48.2 Å². The van der Waals surface area contributed by atoms with Gasteiger partial charge in [-0.2, -0.15) is 0 Å². The average Bonchev–Trinajstić information content (AvgIpc) is 2.42. The molecule has 0 N–H and O–H groups in total. The van der Waals surface area contributed by atoms with Gasteiger partial charge in [0.05, 0.1) is 5.69 Å². The highest BCUT2D eigenvalue weighted by Crippen LogP contribution is 2.35. The predicted molar refractivity (Wildman–Crippen MR) is 57.8 cm³/mol. The Hall–Kier alpha value is -1.63. The van der Waals surface area contributed by atoms with E-state index in [0.717, 1.165) is 12.8 Å². The van der Waals surface area contributed by atoms with Crippen LogP contribution in [0.4, 0.5) is 0 Å². The molecule has 1 nitrogen and oxygen atoms in total. The third-order valence-corrected chi connectivity index (χ3v) is 2.81. The predicted octanol–water partition coefficient (Wildman–Crippen LogP) is 2.91. The summed E-state index contributed by atoms with van der Waals surface area (Å²) in [7, 11) is 0. The van der Waals surface area contributed by atoms with E-state index in [1.165, 1.54) is 22.4 Å². The molecule has 0 fully saturated rings. The normalized spacial score (nSPS) is 18.0. The molecule has 0 radical (unpaired) electrons. The van der Waals surface area contributed by atoms with E-state index in [9.17, 15) is 0 Å². The molecule has 0 saturated heterocycles. The van der Waals surface area contributed by atoms with Gasteiger partial charge in [-0.1, -0.05) is 30.4 Å². The van der Waals surface area contributed by atoms with Crippen LogP contribution in [0.3, 0.4) is 0 Å². The van der Waals surface area contributed by atoms with Gasteiger partial charge in [0, 0.05) is 6.20 Å². The molecule has 1 heterocycles. The van der Waals surface area contributed by atoms with Crippen molar-refractivity contribution in [1.82, 2.24) is 4.98 Å². The second kappa shape index (κ2) is 2.95. The Morgan fingerprint density at radius 3 is 3.21 bits per heavy atom. The fraction of sp³-hybridized carbons (Fsp3) is 0.154. The maximum absolute atomic E-state index is 4.46. The standard InChI is InChI=1S/C13H11N/c1-2-5-10-9-11-6-4-8-14-13(11)12(10)7-3-1/h1-6,8H,7,9H2. The molecule has 1 aromatic rings. The monoisotopic (exact) mass is 181 g/mol. The van der Waals surface area contributed by atoms with Crippen LogP contribution in [0.2, 0.25) is 0 Å². The first-order valence-corrected chi connectivity index (χ1v) is 4.94. The number of rotatable bonds is 0. The molecule has 0 unspecified atom stereocenters. The smallest absolute Gasteiger partial charge is 0.0702 e. The number of nitrogens with zero attached hydrogens (tertiary/aromatic N) is 1.